The molecule has 0 radical (unpaired) electrons. The number of carbonyl (C=O) groups excluding carboxylic acids is 1. The molecule has 224 valence electrons. The minimum atomic E-state index is -4.43. The summed E-state index contributed by atoms with van der Waals surface area (Å²) >= 11 is 6.48. The summed E-state index contributed by atoms with van der Waals surface area (Å²) in [5, 5.41) is 12.1. The molecule has 3 aromatic rings. The van der Waals surface area contributed by atoms with E-state index < -0.39 is 44.1 Å². The fraction of sp³-hybridized carbons (Fsp3) is 0.367. The zero-order chi connectivity index (χ0) is 30.7. The molecule has 1 aliphatic rings. The Morgan fingerprint density at radius 3 is 2.45 bits per heavy atom. The number of ether oxygens (including phenoxy) is 2. The second kappa shape index (κ2) is 12.8. The Kier molecular flexibility index (Phi) is 9.56. The third-order valence-electron chi connectivity index (χ3n) is 6.75. The van der Waals surface area contributed by atoms with Gasteiger partial charge in [-0.15, -0.1) is 0 Å². The van der Waals surface area contributed by atoms with Crippen LogP contribution in [0.4, 0.5) is 11.4 Å². The molecular weight excluding hydrogens is 582 g/mol. The summed E-state index contributed by atoms with van der Waals surface area (Å²) in [6, 6.07) is 17.7. The lowest BCUT2D eigenvalue weighted by Gasteiger charge is -2.34. The van der Waals surface area contributed by atoms with E-state index in [9.17, 15) is 23.3 Å². The van der Waals surface area contributed by atoms with Crippen molar-refractivity contribution in [2.45, 2.75) is 38.2 Å². The zero-order valence-electron chi connectivity index (χ0n) is 23.9. The highest BCUT2D eigenvalue weighted by Crippen LogP contribution is 2.40. The normalized spacial score (nSPS) is 17.3. The quantitative estimate of drug-likeness (QED) is 0.252. The molecule has 0 saturated carbocycles. The fourth-order valence-corrected chi connectivity index (χ4v) is 6.69. The number of para-hydroxylation sites is 2. The van der Waals surface area contributed by atoms with Crippen molar-refractivity contribution >= 4 is 38.9 Å². The van der Waals surface area contributed by atoms with Crippen molar-refractivity contribution in [3.8, 4) is 5.75 Å². The fourth-order valence-electron chi connectivity index (χ4n) is 4.92. The summed E-state index contributed by atoms with van der Waals surface area (Å²) < 4.78 is 40.7. The number of nitro groups is 1. The minimum Gasteiger partial charge on any atom is -0.496 e. The topological polar surface area (TPSA) is 119 Å². The predicted molar refractivity (Wildman–Crippen MR) is 161 cm³/mol. The first kappa shape index (κ1) is 31.4. The first-order valence-electron chi connectivity index (χ1n) is 13.4. The van der Waals surface area contributed by atoms with E-state index in [0.29, 0.717) is 22.0 Å². The third kappa shape index (κ3) is 6.92. The van der Waals surface area contributed by atoms with Gasteiger partial charge < -0.3 is 14.4 Å². The van der Waals surface area contributed by atoms with Crippen LogP contribution in [0.3, 0.4) is 0 Å². The van der Waals surface area contributed by atoms with Crippen LogP contribution >= 0.6 is 11.6 Å². The SMILES string of the molecule is COc1ccccc1C1OCCCN(S(=O)(=O)c2ccccc2[N+](=O)[O-])CC(=O)N(CC(C)(C)C)c2ccc(Cl)cc21. The lowest BCUT2D eigenvalue weighted by molar-refractivity contribution is -0.387. The number of hydrogen-bond donors (Lipinski definition) is 0. The highest BCUT2D eigenvalue weighted by Gasteiger charge is 2.36. The number of sulfonamides is 1. The molecule has 1 atom stereocenters. The number of amides is 1. The monoisotopic (exact) mass is 615 g/mol. The summed E-state index contributed by atoms with van der Waals surface area (Å²) in [5.41, 5.74) is 0.920. The van der Waals surface area contributed by atoms with Crippen LogP contribution in [0.5, 0.6) is 5.75 Å². The van der Waals surface area contributed by atoms with E-state index in [1.54, 1.807) is 30.2 Å². The second-order valence-electron chi connectivity index (χ2n) is 11.2. The molecule has 0 aromatic heterocycles. The smallest absolute Gasteiger partial charge is 0.289 e. The molecule has 42 heavy (non-hydrogen) atoms. The molecule has 0 saturated heterocycles. The van der Waals surface area contributed by atoms with Crippen molar-refractivity contribution in [2.24, 2.45) is 5.41 Å². The summed E-state index contributed by atoms with van der Waals surface area (Å²) in [7, 11) is -2.87. The standard InChI is InChI=1S/C30H34ClN3O7S/c1-30(2,3)20-33-24-15-14-21(31)18-23(24)29(22-10-5-7-12-26(22)40-4)41-17-9-16-32(19-28(33)35)42(38,39)27-13-8-6-11-25(27)34(36)37/h5-8,10-15,18,29H,9,16-17,19-20H2,1-4H3. The summed E-state index contributed by atoms with van der Waals surface area (Å²) in [5.74, 6) is 0.0916. The second-order valence-corrected chi connectivity index (χ2v) is 13.5. The van der Waals surface area contributed by atoms with E-state index in [1.807, 2.05) is 45.0 Å². The van der Waals surface area contributed by atoms with E-state index in [2.05, 4.69) is 0 Å². The molecule has 10 nitrogen and oxygen atoms in total. The lowest BCUT2D eigenvalue weighted by atomic mass is 9.93. The van der Waals surface area contributed by atoms with Gasteiger partial charge in [0.1, 0.15) is 11.9 Å². The number of fused-ring (bicyclic) bond motifs is 1. The Morgan fingerprint density at radius 1 is 1.07 bits per heavy atom. The maximum atomic E-state index is 14.1. The summed E-state index contributed by atoms with van der Waals surface area (Å²) in [6.07, 6.45) is -0.475. The van der Waals surface area contributed by atoms with Crippen LogP contribution in [0.1, 0.15) is 44.4 Å². The Morgan fingerprint density at radius 2 is 1.76 bits per heavy atom. The average Bonchev–Trinajstić information content (AvgIpc) is 2.96. The number of nitrogens with zero attached hydrogens (tertiary/aromatic N) is 3. The van der Waals surface area contributed by atoms with Crippen LogP contribution < -0.4 is 9.64 Å². The molecule has 0 N–H and O–H groups in total. The molecule has 1 unspecified atom stereocenters. The van der Waals surface area contributed by atoms with E-state index in [1.165, 1.54) is 18.2 Å². The average molecular weight is 616 g/mol. The van der Waals surface area contributed by atoms with Crippen LogP contribution in [0.15, 0.2) is 71.6 Å². The van der Waals surface area contributed by atoms with Crippen LogP contribution in [-0.4, -0.2) is 56.9 Å². The largest absolute Gasteiger partial charge is 0.496 e. The van der Waals surface area contributed by atoms with Crippen molar-refractivity contribution in [3.63, 3.8) is 0 Å². The van der Waals surface area contributed by atoms with Crippen molar-refractivity contribution in [3.05, 3.63) is 93.0 Å². The van der Waals surface area contributed by atoms with Gasteiger partial charge in [0, 0.05) is 47.6 Å². The van der Waals surface area contributed by atoms with Gasteiger partial charge in [-0.05, 0) is 42.2 Å². The molecule has 1 amide bonds. The van der Waals surface area contributed by atoms with Gasteiger partial charge in [-0.25, -0.2) is 8.42 Å². The van der Waals surface area contributed by atoms with E-state index in [4.69, 9.17) is 21.1 Å². The minimum absolute atomic E-state index is 0.0980. The van der Waals surface area contributed by atoms with Gasteiger partial charge in [0.15, 0.2) is 4.90 Å². The first-order chi connectivity index (χ1) is 19.8. The van der Waals surface area contributed by atoms with Crippen molar-refractivity contribution in [2.75, 3.05) is 38.3 Å². The maximum Gasteiger partial charge on any atom is 0.289 e. The Bertz CT molecular complexity index is 1570. The number of halogens is 1. The maximum absolute atomic E-state index is 14.1. The third-order valence-corrected chi connectivity index (χ3v) is 8.87. The van der Waals surface area contributed by atoms with Gasteiger partial charge in [0.25, 0.3) is 5.69 Å². The number of benzene rings is 3. The van der Waals surface area contributed by atoms with Crippen molar-refractivity contribution in [1.82, 2.24) is 4.31 Å². The van der Waals surface area contributed by atoms with Gasteiger partial charge in [-0.1, -0.05) is 62.7 Å². The Labute approximate surface area is 251 Å². The van der Waals surface area contributed by atoms with Gasteiger partial charge in [-0.3, -0.25) is 14.9 Å². The number of hydrogen-bond acceptors (Lipinski definition) is 7. The number of carbonyl (C=O) groups is 1. The lowest BCUT2D eigenvalue weighted by Crippen LogP contribution is -2.46. The Hall–Kier alpha value is -3.51. The molecule has 1 heterocycles. The first-order valence-corrected chi connectivity index (χ1v) is 15.2. The van der Waals surface area contributed by atoms with Crippen LogP contribution in [-0.2, 0) is 19.6 Å². The Balaban J connectivity index is 1.88. The molecule has 0 bridgehead atoms. The summed E-state index contributed by atoms with van der Waals surface area (Å²) in [6.45, 7) is 5.65. The highest BCUT2D eigenvalue weighted by atomic mass is 35.5. The van der Waals surface area contributed by atoms with Gasteiger partial charge in [-0.2, -0.15) is 4.31 Å². The van der Waals surface area contributed by atoms with Gasteiger partial charge in [0.05, 0.1) is 18.6 Å². The number of anilines is 1. The van der Waals surface area contributed by atoms with E-state index in [0.717, 1.165) is 15.9 Å². The zero-order valence-corrected chi connectivity index (χ0v) is 25.5. The molecule has 0 fully saturated rings. The summed E-state index contributed by atoms with van der Waals surface area (Å²) in [4.78, 5) is 26.2. The molecule has 12 heteroatoms. The van der Waals surface area contributed by atoms with E-state index >= 15 is 0 Å². The highest BCUT2D eigenvalue weighted by molar-refractivity contribution is 7.89. The van der Waals surface area contributed by atoms with Crippen molar-refractivity contribution < 1.29 is 27.6 Å². The predicted octanol–water partition coefficient (Wildman–Crippen LogP) is 5.84. The van der Waals surface area contributed by atoms with Gasteiger partial charge >= 0.3 is 0 Å². The molecule has 1 aliphatic heterocycles. The number of methoxy groups -OCH3 is 1. The number of nitro benzene ring substituents is 1. The van der Waals surface area contributed by atoms with Gasteiger partial charge in [0.2, 0.25) is 15.9 Å². The molecule has 0 spiro atoms. The number of rotatable bonds is 6. The van der Waals surface area contributed by atoms with Crippen LogP contribution in [0, 0.1) is 15.5 Å². The molecule has 0 aliphatic carbocycles. The van der Waals surface area contributed by atoms with Crippen molar-refractivity contribution in [1.29, 1.82) is 0 Å². The van der Waals surface area contributed by atoms with E-state index in [-0.39, 0.29) is 31.5 Å². The molecular formula is C30H34ClN3O7S. The molecule has 3 aromatic carbocycles. The molecule has 4 rings (SSSR count). The van der Waals surface area contributed by atoms with Crippen LogP contribution in [0.2, 0.25) is 5.02 Å². The van der Waals surface area contributed by atoms with Crippen LogP contribution in [0.25, 0.3) is 0 Å².